The Hall–Kier alpha value is -2.12. The Morgan fingerprint density at radius 2 is 1.08 bits per heavy atom. The molecule has 8 heteroatoms. The van der Waals surface area contributed by atoms with Crippen LogP contribution in [0, 0.1) is 5.41 Å². The van der Waals surface area contributed by atoms with E-state index < -0.39 is 17.4 Å². The van der Waals surface area contributed by atoms with Crippen LogP contribution in [0.15, 0.2) is 0 Å². The molecule has 0 aromatic heterocycles. The van der Waals surface area contributed by atoms with Gasteiger partial charge in [0.2, 0.25) is 0 Å². The molecule has 0 aromatic rings. The predicted molar refractivity (Wildman–Crippen MR) is 94.6 cm³/mol. The number of aliphatic carboxylic acids is 2. The summed E-state index contributed by atoms with van der Waals surface area (Å²) in [7, 11) is 0. The van der Waals surface area contributed by atoms with Gasteiger partial charge in [-0.05, 0) is 38.5 Å². The second-order valence-electron chi connectivity index (χ2n) is 5.81. The van der Waals surface area contributed by atoms with Gasteiger partial charge in [-0.2, -0.15) is 0 Å². The SMILES string of the molecule is CCC(CC)(CC(=O)O)CC(=O)O.CCOC(=O)CCCC(=O)OCC. The number of hydrogen-bond acceptors (Lipinski definition) is 6. The minimum absolute atomic E-state index is 0.0632. The van der Waals surface area contributed by atoms with E-state index in [1.54, 1.807) is 13.8 Å². The predicted octanol–water partition coefficient (Wildman–Crippen LogP) is 3.03. The summed E-state index contributed by atoms with van der Waals surface area (Å²) in [4.78, 5) is 42.7. The van der Waals surface area contributed by atoms with E-state index in [0.29, 0.717) is 32.5 Å². The molecule has 26 heavy (non-hydrogen) atoms. The fraction of sp³-hybridized carbons (Fsp3) is 0.778. The molecule has 0 saturated heterocycles. The number of carboxylic acid groups (broad SMARTS) is 2. The Kier molecular flexibility index (Phi) is 15.2. The lowest BCUT2D eigenvalue weighted by Crippen LogP contribution is -2.26. The molecule has 0 fully saturated rings. The van der Waals surface area contributed by atoms with Crippen molar-refractivity contribution in [3.05, 3.63) is 0 Å². The van der Waals surface area contributed by atoms with Crippen molar-refractivity contribution < 1.29 is 38.9 Å². The van der Waals surface area contributed by atoms with E-state index in [2.05, 4.69) is 0 Å². The van der Waals surface area contributed by atoms with Crippen LogP contribution in [0.1, 0.15) is 72.6 Å². The summed E-state index contributed by atoms with van der Waals surface area (Å²) in [6.07, 6.45) is 2.11. The minimum Gasteiger partial charge on any atom is -0.481 e. The third-order valence-corrected chi connectivity index (χ3v) is 3.92. The number of carbonyl (C=O) groups excluding carboxylic acids is 2. The highest BCUT2D eigenvalue weighted by atomic mass is 16.5. The normalized spacial score (nSPS) is 10.3. The van der Waals surface area contributed by atoms with E-state index in [0.717, 1.165) is 0 Å². The summed E-state index contributed by atoms with van der Waals surface area (Å²) in [5, 5.41) is 17.3. The first-order chi connectivity index (χ1) is 12.2. The van der Waals surface area contributed by atoms with Crippen molar-refractivity contribution >= 4 is 23.9 Å². The Balaban J connectivity index is 0. The van der Waals surface area contributed by atoms with Crippen molar-refractivity contribution in [3.63, 3.8) is 0 Å². The van der Waals surface area contributed by atoms with Crippen molar-refractivity contribution in [2.75, 3.05) is 13.2 Å². The highest BCUT2D eigenvalue weighted by Gasteiger charge is 2.31. The molecule has 0 bridgehead atoms. The van der Waals surface area contributed by atoms with Crippen LogP contribution in [0.5, 0.6) is 0 Å². The average Bonchev–Trinajstić information content (AvgIpc) is 2.54. The second-order valence-corrected chi connectivity index (χ2v) is 5.81. The monoisotopic (exact) mass is 376 g/mol. The standard InChI is InChI=1S/2C9H16O4/c1-3-9(4-2,5-7(10)11)6-8(12)13;1-3-12-8(10)6-5-7-9(11)13-4-2/h3-6H2,1-2H3,(H,10,11)(H,12,13);3-7H2,1-2H3. The molecular formula is C18H32O8. The van der Waals surface area contributed by atoms with Crippen molar-refractivity contribution in [2.45, 2.75) is 72.6 Å². The lowest BCUT2D eigenvalue weighted by molar-refractivity contribution is -0.146. The molecule has 0 aliphatic heterocycles. The van der Waals surface area contributed by atoms with Gasteiger partial charge in [0, 0.05) is 12.8 Å². The fourth-order valence-corrected chi connectivity index (χ4v) is 2.30. The number of ether oxygens (including phenoxy) is 2. The summed E-state index contributed by atoms with van der Waals surface area (Å²) in [5.74, 6) is -2.37. The largest absolute Gasteiger partial charge is 0.481 e. The van der Waals surface area contributed by atoms with Crippen molar-refractivity contribution in [1.29, 1.82) is 0 Å². The van der Waals surface area contributed by atoms with Gasteiger partial charge in [-0.3, -0.25) is 19.2 Å². The van der Waals surface area contributed by atoms with Crippen LogP contribution in [-0.2, 0) is 28.7 Å². The lowest BCUT2D eigenvalue weighted by Gasteiger charge is -2.27. The van der Waals surface area contributed by atoms with Gasteiger partial charge in [-0.15, -0.1) is 0 Å². The smallest absolute Gasteiger partial charge is 0.305 e. The Bertz CT molecular complexity index is 404. The van der Waals surface area contributed by atoms with Gasteiger partial charge in [0.1, 0.15) is 0 Å². The van der Waals surface area contributed by atoms with Crippen LogP contribution < -0.4 is 0 Å². The zero-order valence-corrected chi connectivity index (χ0v) is 16.2. The van der Waals surface area contributed by atoms with Crippen LogP contribution in [0.3, 0.4) is 0 Å². The summed E-state index contributed by atoms with van der Waals surface area (Å²) in [6.45, 7) is 7.94. The van der Waals surface area contributed by atoms with E-state index in [-0.39, 0.29) is 37.6 Å². The van der Waals surface area contributed by atoms with Crippen molar-refractivity contribution in [2.24, 2.45) is 5.41 Å². The number of esters is 2. The van der Waals surface area contributed by atoms with E-state index >= 15 is 0 Å². The highest BCUT2D eigenvalue weighted by Crippen LogP contribution is 2.34. The lowest BCUT2D eigenvalue weighted by atomic mass is 9.76. The fourth-order valence-electron chi connectivity index (χ4n) is 2.30. The molecule has 0 amide bonds. The van der Waals surface area contributed by atoms with E-state index in [9.17, 15) is 19.2 Å². The van der Waals surface area contributed by atoms with Crippen LogP contribution in [0.2, 0.25) is 0 Å². The van der Waals surface area contributed by atoms with Crippen molar-refractivity contribution in [3.8, 4) is 0 Å². The molecule has 8 nitrogen and oxygen atoms in total. The van der Waals surface area contributed by atoms with E-state index in [4.69, 9.17) is 19.7 Å². The summed E-state index contributed by atoms with van der Waals surface area (Å²) in [6, 6.07) is 0. The van der Waals surface area contributed by atoms with E-state index in [1.807, 2.05) is 13.8 Å². The maximum absolute atomic E-state index is 10.8. The maximum atomic E-state index is 10.8. The van der Waals surface area contributed by atoms with Crippen LogP contribution in [0.4, 0.5) is 0 Å². The number of carboxylic acids is 2. The summed E-state index contributed by atoms with van der Waals surface area (Å²) >= 11 is 0. The summed E-state index contributed by atoms with van der Waals surface area (Å²) in [5.41, 5.74) is -0.572. The first-order valence-electron chi connectivity index (χ1n) is 8.91. The quantitative estimate of drug-likeness (QED) is 0.498. The van der Waals surface area contributed by atoms with Crippen LogP contribution in [0.25, 0.3) is 0 Å². The molecule has 0 aliphatic carbocycles. The summed E-state index contributed by atoms with van der Waals surface area (Å²) < 4.78 is 9.39. The molecule has 152 valence electrons. The minimum atomic E-state index is -0.926. The zero-order valence-electron chi connectivity index (χ0n) is 16.2. The molecule has 0 radical (unpaired) electrons. The third kappa shape index (κ3) is 14.2. The van der Waals surface area contributed by atoms with Gasteiger partial charge in [0.05, 0.1) is 26.1 Å². The second kappa shape index (κ2) is 15.2. The van der Waals surface area contributed by atoms with Gasteiger partial charge in [-0.25, -0.2) is 0 Å². The molecule has 0 aromatic carbocycles. The Morgan fingerprint density at radius 3 is 1.31 bits per heavy atom. The molecule has 0 atom stereocenters. The third-order valence-electron chi connectivity index (χ3n) is 3.92. The molecule has 2 N–H and O–H groups in total. The van der Waals surface area contributed by atoms with Gasteiger partial charge >= 0.3 is 23.9 Å². The Labute approximate surface area is 154 Å². The van der Waals surface area contributed by atoms with Gasteiger partial charge in [0.15, 0.2) is 0 Å². The van der Waals surface area contributed by atoms with Crippen LogP contribution in [-0.4, -0.2) is 47.3 Å². The molecule has 0 unspecified atom stereocenters. The van der Waals surface area contributed by atoms with Gasteiger partial charge < -0.3 is 19.7 Å². The molecule has 0 aliphatic rings. The van der Waals surface area contributed by atoms with Crippen molar-refractivity contribution in [1.82, 2.24) is 0 Å². The average molecular weight is 376 g/mol. The molecule has 0 saturated carbocycles. The molecular weight excluding hydrogens is 344 g/mol. The molecule has 0 spiro atoms. The number of rotatable bonds is 12. The molecule has 0 rings (SSSR count). The molecule has 0 heterocycles. The highest BCUT2D eigenvalue weighted by molar-refractivity contribution is 5.72. The van der Waals surface area contributed by atoms with Gasteiger partial charge in [-0.1, -0.05) is 13.8 Å². The zero-order chi connectivity index (χ0) is 20.6. The first-order valence-corrected chi connectivity index (χ1v) is 8.91. The van der Waals surface area contributed by atoms with E-state index in [1.165, 1.54) is 0 Å². The first kappa shape index (κ1) is 26.1. The number of hydrogen-bond donors (Lipinski definition) is 2. The topological polar surface area (TPSA) is 127 Å². The Morgan fingerprint density at radius 1 is 0.731 bits per heavy atom. The number of carbonyl (C=O) groups is 4. The van der Waals surface area contributed by atoms with Crippen LogP contribution >= 0.6 is 0 Å². The van der Waals surface area contributed by atoms with Gasteiger partial charge in [0.25, 0.3) is 0 Å². The maximum Gasteiger partial charge on any atom is 0.305 e.